The van der Waals surface area contributed by atoms with E-state index >= 15 is 0 Å². The third-order valence-corrected chi connectivity index (χ3v) is 3.57. The van der Waals surface area contributed by atoms with Gasteiger partial charge in [-0.3, -0.25) is 4.79 Å². The molecule has 0 aliphatic carbocycles. The molecule has 0 radical (unpaired) electrons. The van der Waals surface area contributed by atoms with Crippen LogP contribution in [0.3, 0.4) is 0 Å². The normalized spacial score (nSPS) is 10.3. The Morgan fingerprint density at radius 3 is 2.65 bits per heavy atom. The first kappa shape index (κ1) is 14.3. The van der Waals surface area contributed by atoms with Crippen LogP contribution in [-0.4, -0.2) is 11.7 Å². The van der Waals surface area contributed by atoms with E-state index in [0.717, 1.165) is 17.0 Å². The minimum atomic E-state index is -0.803. The Labute approximate surface area is 119 Å². The number of halogens is 2. The number of thioether (sulfide) groups is 1. The number of nitrogens with two attached hydrogens (primary N) is 1. The van der Waals surface area contributed by atoms with Gasteiger partial charge in [-0.15, -0.1) is 11.8 Å². The molecule has 2 rings (SSSR count). The lowest BCUT2D eigenvalue weighted by molar-refractivity contribution is -0.113. The molecule has 0 saturated carbocycles. The van der Waals surface area contributed by atoms with Crippen molar-refractivity contribution in [3.63, 3.8) is 0 Å². The van der Waals surface area contributed by atoms with Crippen LogP contribution in [-0.2, 0) is 4.79 Å². The van der Waals surface area contributed by atoms with Crippen molar-refractivity contribution >= 4 is 29.0 Å². The predicted molar refractivity (Wildman–Crippen MR) is 76.6 cm³/mol. The second-order valence-corrected chi connectivity index (χ2v) is 5.02. The zero-order chi connectivity index (χ0) is 14.5. The number of carbonyl (C=O) groups is 1. The van der Waals surface area contributed by atoms with Crippen molar-refractivity contribution < 1.29 is 13.6 Å². The summed E-state index contributed by atoms with van der Waals surface area (Å²) in [6, 6.07) is 10.1. The fourth-order valence-electron chi connectivity index (χ4n) is 1.53. The molecule has 20 heavy (non-hydrogen) atoms. The van der Waals surface area contributed by atoms with Crippen molar-refractivity contribution in [1.82, 2.24) is 0 Å². The lowest BCUT2D eigenvalue weighted by Crippen LogP contribution is -2.15. The van der Waals surface area contributed by atoms with E-state index < -0.39 is 11.6 Å². The van der Waals surface area contributed by atoms with Gasteiger partial charge in [-0.25, -0.2) is 8.78 Å². The van der Waals surface area contributed by atoms with E-state index in [1.807, 2.05) is 6.07 Å². The summed E-state index contributed by atoms with van der Waals surface area (Å²) in [5, 5.41) is 2.38. The third kappa shape index (κ3) is 3.71. The topological polar surface area (TPSA) is 55.1 Å². The van der Waals surface area contributed by atoms with E-state index in [1.54, 1.807) is 18.2 Å². The lowest BCUT2D eigenvalue weighted by atomic mass is 10.3. The molecule has 0 saturated heterocycles. The van der Waals surface area contributed by atoms with Gasteiger partial charge in [0.1, 0.15) is 11.6 Å². The number of amides is 1. The van der Waals surface area contributed by atoms with Gasteiger partial charge < -0.3 is 11.1 Å². The first-order chi connectivity index (χ1) is 9.56. The number of anilines is 2. The van der Waals surface area contributed by atoms with Gasteiger partial charge in [0.15, 0.2) is 0 Å². The highest BCUT2D eigenvalue weighted by molar-refractivity contribution is 8.00. The summed E-state index contributed by atoms with van der Waals surface area (Å²) in [7, 11) is 0. The van der Waals surface area contributed by atoms with Crippen LogP contribution in [0, 0.1) is 11.6 Å². The maximum atomic E-state index is 13.4. The Kier molecular flexibility index (Phi) is 4.57. The Morgan fingerprint density at radius 2 is 1.95 bits per heavy atom. The van der Waals surface area contributed by atoms with Crippen LogP contribution in [0.25, 0.3) is 0 Å². The largest absolute Gasteiger partial charge is 0.398 e. The highest BCUT2D eigenvalue weighted by Crippen LogP contribution is 2.24. The molecule has 0 unspecified atom stereocenters. The van der Waals surface area contributed by atoms with Gasteiger partial charge in [0.2, 0.25) is 5.91 Å². The number of nitrogen functional groups attached to an aromatic ring is 1. The molecule has 104 valence electrons. The van der Waals surface area contributed by atoms with Gasteiger partial charge in [0.05, 0.1) is 11.4 Å². The summed E-state index contributed by atoms with van der Waals surface area (Å²) in [5.74, 6) is -1.79. The molecule has 0 spiro atoms. The van der Waals surface area contributed by atoms with E-state index in [9.17, 15) is 13.6 Å². The molecule has 0 bridgehead atoms. The van der Waals surface area contributed by atoms with Crippen molar-refractivity contribution in [2.45, 2.75) is 4.90 Å². The van der Waals surface area contributed by atoms with Gasteiger partial charge in [-0.2, -0.15) is 0 Å². The molecular formula is C14H12F2N2OS. The standard InChI is InChI=1S/C14H12F2N2OS/c15-9-5-6-12(10(16)7-9)18-14(19)8-20-13-4-2-1-3-11(13)17/h1-7H,8,17H2,(H,18,19). The fourth-order valence-corrected chi connectivity index (χ4v) is 2.30. The lowest BCUT2D eigenvalue weighted by Gasteiger charge is -2.07. The first-order valence-electron chi connectivity index (χ1n) is 5.78. The third-order valence-electron chi connectivity index (χ3n) is 2.48. The number of hydrogen-bond acceptors (Lipinski definition) is 3. The molecule has 0 fully saturated rings. The number of para-hydroxylation sites is 1. The van der Waals surface area contributed by atoms with E-state index in [1.165, 1.54) is 17.8 Å². The van der Waals surface area contributed by atoms with E-state index in [0.29, 0.717) is 5.69 Å². The predicted octanol–water partition coefficient (Wildman–Crippen LogP) is 3.28. The molecule has 0 aromatic heterocycles. The van der Waals surface area contributed by atoms with Crippen LogP contribution in [0.2, 0.25) is 0 Å². The van der Waals surface area contributed by atoms with Gasteiger partial charge >= 0.3 is 0 Å². The van der Waals surface area contributed by atoms with E-state index in [-0.39, 0.29) is 17.3 Å². The minimum Gasteiger partial charge on any atom is -0.398 e. The summed E-state index contributed by atoms with van der Waals surface area (Å²) < 4.78 is 26.1. The first-order valence-corrected chi connectivity index (χ1v) is 6.77. The second kappa shape index (κ2) is 6.38. The summed E-state index contributed by atoms with van der Waals surface area (Å²) in [6.45, 7) is 0. The molecule has 6 heteroatoms. The van der Waals surface area contributed by atoms with E-state index in [2.05, 4.69) is 5.32 Å². The van der Waals surface area contributed by atoms with Crippen LogP contribution < -0.4 is 11.1 Å². The van der Waals surface area contributed by atoms with Crippen molar-refractivity contribution in [3.05, 3.63) is 54.1 Å². The number of rotatable bonds is 4. The van der Waals surface area contributed by atoms with Crippen LogP contribution in [0.1, 0.15) is 0 Å². The van der Waals surface area contributed by atoms with Gasteiger partial charge in [0, 0.05) is 16.6 Å². The van der Waals surface area contributed by atoms with Crippen LogP contribution in [0.15, 0.2) is 47.4 Å². The Morgan fingerprint density at radius 1 is 1.20 bits per heavy atom. The maximum absolute atomic E-state index is 13.4. The SMILES string of the molecule is Nc1ccccc1SCC(=O)Nc1ccc(F)cc1F. The minimum absolute atomic E-state index is 0.0435. The monoisotopic (exact) mass is 294 g/mol. The second-order valence-electron chi connectivity index (χ2n) is 4.00. The highest BCUT2D eigenvalue weighted by atomic mass is 32.2. The van der Waals surface area contributed by atoms with Crippen LogP contribution in [0.5, 0.6) is 0 Å². The molecule has 2 aromatic rings. The summed E-state index contributed by atoms with van der Waals surface area (Å²) in [6.07, 6.45) is 0. The molecule has 0 atom stereocenters. The van der Waals surface area contributed by atoms with Crippen molar-refractivity contribution in [2.75, 3.05) is 16.8 Å². The summed E-state index contributed by atoms with van der Waals surface area (Å²) in [5.41, 5.74) is 6.28. The number of carbonyl (C=O) groups excluding carboxylic acids is 1. The Balaban J connectivity index is 1.94. The van der Waals surface area contributed by atoms with Gasteiger partial charge in [-0.05, 0) is 24.3 Å². The van der Waals surface area contributed by atoms with Gasteiger partial charge in [0.25, 0.3) is 0 Å². The molecular weight excluding hydrogens is 282 g/mol. The Bertz CT molecular complexity index is 634. The van der Waals surface area contributed by atoms with Gasteiger partial charge in [-0.1, -0.05) is 12.1 Å². The molecule has 3 nitrogen and oxygen atoms in total. The van der Waals surface area contributed by atoms with Crippen molar-refractivity contribution in [1.29, 1.82) is 0 Å². The number of nitrogens with one attached hydrogen (secondary N) is 1. The van der Waals surface area contributed by atoms with Crippen molar-refractivity contribution in [3.8, 4) is 0 Å². The highest BCUT2D eigenvalue weighted by Gasteiger charge is 2.09. The molecule has 0 heterocycles. The Hall–Kier alpha value is -2.08. The summed E-state index contributed by atoms with van der Waals surface area (Å²) >= 11 is 1.25. The number of hydrogen-bond donors (Lipinski definition) is 2. The molecule has 1 amide bonds. The number of benzene rings is 2. The molecule has 0 aliphatic heterocycles. The molecule has 2 aromatic carbocycles. The summed E-state index contributed by atoms with van der Waals surface area (Å²) in [4.78, 5) is 12.5. The average Bonchev–Trinajstić information content (AvgIpc) is 2.41. The zero-order valence-corrected chi connectivity index (χ0v) is 11.2. The smallest absolute Gasteiger partial charge is 0.234 e. The average molecular weight is 294 g/mol. The quantitative estimate of drug-likeness (QED) is 0.672. The van der Waals surface area contributed by atoms with Crippen LogP contribution in [0.4, 0.5) is 20.2 Å². The molecule has 3 N–H and O–H groups in total. The van der Waals surface area contributed by atoms with E-state index in [4.69, 9.17) is 5.73 Å². The van der Waals surface area contributed by atoms with Crippen LogP contribution >= 0.6 is 11.8 Å². The van der Waals surface area contributed by atoms with Crippen molar-refractivity contribution in [2.24, 2.45) is 0 Å². The zero-order valence-electron chi connectivity index (χ0n) is 10.4. The fraction of sp³-hybridized carbons (Fsp3) is 0.0714. The maximum Gasteiger partial charge on any atom is 0.234 e. The molecule has 0 aliphatic rings.